The Kier molecular flexibility index (Phi) is 5.64. The fraction of sp³-hybridized carbons (Fsp3) is 0.0233. The molecule has 1 aromatic heterocycles. The van der Waals surface area contributed by atoms with Crippen LogP contribution in [0.2, 0.25) is 0 Å². The molecule has 44 heavy (non-hydrogen) atoms. The highest BCUT2D eigenvalue weighted by Crippen LogP contribution is 2.45. The van der Waals surface area contributed by atoms with Gasteiger partial charge in [-0.2, -0.15) is 0 Å². The molecule has 0 unspecified atom stereocenters. The topological polar surface area (TPSA) is 13.1 Å². The molecule has 0 atom stereocenters. The van der Waals surface area contributed by atoms with Gasteiger partial charge >= 0.3 is 0 Å². The summed E-state index contributed by atoms with van der Waals surface area (Å²) in [6.45, 7) is 0. The Morgan fingerprint density at radius 2 is 1.00 bits per heavy atom. The zero-order valence-corrected chi connectivity index (χ0v) is 24.1. The molecule has 0 saturated carbocycles. The van der Waals surface area contributed by atoms with Gasteiger partial charge in [-0.05, 0) is 91.9 Å². The summed E-state index contributed by atoms with van der Waals surface area (Å²) in [5.41, 5.74) is 17.0. The van der Waals surface area contributed by atoms with Crippen LogP contribution in [-0.2, 0) is 6.42 Å². The lowest BCUT2D eigenvalue weighted by Crippen LogP contribution is -1.90. The third kappa shape index (κ3) is 4.01. The molecule has 0 spiro atoms. The quantitative estimate of drug-likeness (QED) is 0.209. The van der Waals surface area contributed by atoms with Gasteiger partial charge in [0, 0.05) is 16.3 Å². The van der Waals surface area contributed by atoms with E-state index in [2.05, 4.69) is 152 Å². The molecule has 1 aliphatic carbocycles. The standard InChI is InChI=1S/C43H28O/c1-2-10-28(11-3-1)29-20-22-30(23-21-29)31-13-8-14-32(24-31)39-26-34(27-41-38-16-6-7-19-42(38)44-43(39)41)36-17-9-18-37-35-15-5-4-12-33(35)25-40(36)37/h1-24,26-27H,25H2. The van der Waals surface area contributed by atoms with Crippen molar-refractivity contribution in [1.82, 2.24) is 0 Å². The van der Waals surface area contributed by atoms with Gasteiger partial charge < -0.3 is 4.42 Å². The second-order valence-corrected chi connectivity index (χ2v) is 11.7. The van der Waals surface area contributed by atoms with Gasteiger partial charge in [0.25, 0.3) is 0 Å². The van der Waals surface area contributed by atoms with Crippen molar-refractivity contribution in [1.29, 1.82) is 0 Å². The van der Waals surface area contributed by atoms with E-state index in [0.29, 0.717) is 0 Å². The van der Waals surface area contributed by atoms with E-state index < -0.39 is 0 Å². The van der Waals surface area contributed by atoms with Gasteiger partial charge in [-0.25, -0.2) is 0 Å². The molecule has 0 N–H and O–H groups in total. The molecule has 9 rings (SSSR count). The van der Waals surface area contributed by atoms with Crippen LogP contribution in [0.15, 0.2) is 162 Å². The fourth-order valence-electron chi connectivity index (χ4n) is 6.98. The van der Waals surface area contributed by atoms with Crippen LogP contribution in [0, 0.1) is 0 Å². The fourth-order valence-corrected chi connectivity index (χ4v) is 6.98. The Morgan fingerprint density at radius 3 is 1.89 bits per heavy atom. The summed E-state index contributed by atoms with van der Waals surface area (Å²) in [5, 5.41) is 2.30. The molecular formula is C43H28O. The van der Waals surface area contributed by atoms with Crippen LogP contribution in [0.25, 0.3) is 77.6 Å². The summed E-state index contributed by atoms with van der Waals surface area (Å²) in [6.07, 6.45) is 0.954. The minimum atomic E-state index is 0.916. The first-order valence-electron chi connectivity index (χ1n) is 15.2. The third-order valence-electron chi connectivity index (χ3n) is 9.14. The highest BCUT2D eigenvalue weighted by Gasteiger charge is 2.23. The van der Waals surface area contributed by atoms with E-state index in [0.717, 1.165) is 39.5 Å². The molecule has 0 fully saturated rings. The zero-order chi connectivity index (χ0) is 29.0. The van der Waals surface area contributed by atoms with E-state index in [1.165, 1.54) is 55.6 Å². The number of hydrogen-bond donors (Lipinski definition) is 0. The van der Waals surface area contributed by atoms with Crippen LogP contribution in [0.3, 0.4) is 0 Å². The van der Waals surface area contributed by atoms with E-state index in [4.69, 9.17) is 4.42 Å². The van der Waals surface area contributed by atoms with Crippen molar-refractivity contribution in [3.8, 4) is 55.6 Å². The van der Waals surface area contributed by atoms with E-state index in [1.807, 2.05) is 6.07 Å². The van der Waals surface area contributed by atoms with Crippen molar-refractivity contribution >= 4 is 21.9 Å². The zero-order valence-electron chi connectivity index (χ0n) is 24.1. The summed E-state index contributed by atoms with van der Waals surface area (Å²) in [7, 11) is 0. The second kappa shape index (κ2) is 9.97. The van der Waals surface area contributed by atoms with Crippen molar-refractivity contribution in [3.63, 3.8) is 0 Å². The molecule has 0 radical (unpaired) electrons. The average Bonchev–Trinajstić information content (AvgIpc) is 3.67. The Hall–Kier alpha value is -5.66. The van der Waals surface area contributed by atoms with E-state index in [1.54, 1.807) is 0 Å². The number of hydrogen-bond acceptors (Lipinski definition) is 1. The van der Waals surface area contributed by atoms with Gasteiger partial charge in [0.05, 0.1) is 0 Å². The summed E-state index contributed by atoms with van der Waals surface area (Å²) in [6, 6.07) is 56.9. The number of rotatable bonds is 4. The maximum atomic E-state index is 6.58. The van der Waals surface area contributed by atoms with Crippen molar-refractivity contribution in [2.45, 2.75) is 6.42 Å². The Balaban J connectivity index is 1.21. The van der Waals surface area contributed by atoms with Crippen molar-refractivity contribution < 1.29 is 4.42 Å². The monoisotopic (exact) mass is 560 g/mol. The predicted molar refractivity (Wildman–Crippen MR) is 184 cm³/mol. The molecule has 1 nitrogen and oxygen atoms in total. The molecule has 8 aromatic rings. The van der Waals surface area contributed by atoms with Crippen molar-refractivity contribution in [2.75, 3.05) is 0 Å². The van der Waals surface area contributed by atoms with Gasteiger partial charge in [0.15, 0.2) is 0 Å². The maximum absolute atomic E-state index is 6.58. The summed E-state index contributed by atoms with van der Waals surface area (Å²) < 4.78 is 6.58. The molecule has 0 saturated heterocycles. The van der Waals surface area contributed by atoms with Gasteiger partial charge in [-0.1, -0.05) is 133 Å². The average molecular weight is 561 g/mol. The van der Waals surface area contributed by atoms with E-state index >= 15 is 0 Å². The first-order valence-corrected chi connectivity index (χ1v) is 15.2. The van der Waals surface area contributed by atoms with Gasteiger partial charge in [-0.15, -0.1) is 0 Å². The van der Waals surface area contributed by atoms with Gasteiger partial charge in [0.1, 0.15) is 11.2 Å². The molecule has 1 aliphatic rings. The predicted octanol–water partition coefficient (Wildman–Crippen LogP) is 11.8. The summed E-state index contributed by atoms with van der Waals surface area (Å²) in [4.78, 5) is 0. The summed E-state index contributed by atoms with van der Waals surface area (Å²) >= 11 is 0. The van der Waals surface area contributed by atoms with Crippen molar-refractivity contribution in [2.24, 2.45) is 0 Å². The number of benzene rings is 7. The smallest absolute Gasteiger partial charge is 0.143 e. The van der Waals surface area contributed by atoms with Crippen molar-refractivity contribution in [3.05, 3.63) is 169 Å². The van der Waals surface area contributed by atoms with Crippen LogP contribution < -0.4 is 0 Å². The molecule has 0 bridgehead atoms. The molecular weight excluding hydrogens is 532 g/mol. The molecule has 7 aromatic carbocycles. The Morgan fingerprint density at radius 1 is 0.364 bits per heavy atom. The highest BCUT2D eigenvalue weighted by molar-refractivity contribution is 6.11. The second-order valence-electron chi connectivity index (χ2n) is 11.7. The molecule has 1 heteroatoms. The van der Waals surface area contributed by atoms with E-state index in [9.17, 15) is 0 Å². The van der Waals surface area contributed by atoms with Crippen LogP contribution in [-0.4, -0.2) is 0 Å². The molecule has 206 valence electrons. The number of furan rings is 1. The minimum absolute atomic E-state index is 0.916. The summed E-state index contributed by atoms with van der Waals surface area (Å²) in [5.74, 6) is 0. The molecule has 0 amide bonds. The van der Waals surface area contributed by atoms with Crippen LogP contribution >= 0.6 is 0 Å². The lowest BCUT2D eigenvalue weighted by Gasteiger charge is -2.13. The lowest BCUT2D eigenvalue weighted by molar-refractivity contribution is 0.670. The maximum Gasteiger partial charge on any atom is 0.143 e. The normalized spacial score (nSPS) is 12.0. The Labute approximate surface area is 256 Å². The number of para-hydroxylation sites is 1. The minimum Gasteiger partial charge on any atom is -0.455 e. The van der Waals surface area contributed by atoms with Crippen LogP contribution in [0.4, 0.5) is 0 Å². The highest BCUT2D eigenvalue weighted by atomic mass is 16.3. The van der Waals surface area contributed by atoms with Gasteiger partial charge in [0.2, 0.25) is 0 Å². The largest absolute Gasteiger partial charge is 0.455 e. The van der Waals surface area contributed by atoms with Crippen LogP contribution in [0.5, 0.6) is 0 Å². The lowest BCUT2D eigenvalue weighted by atomic mass is 9.91. The molecule has 0 aliphatic heterocycles. The van der Waals surface area contributed by atoms with Crippen LogP contribution in [0.1, 0.15) is 11.1 Å². The first-order chi connectivity index (χ1) is 21.8. The van der Waals surface area contributed by atoms with E-state index in [-0.39, 0.29) is 0 Å². The Bertz CT molecular complexity index is 2340. The van der Waals surface area contributed by atoms with Gasteiger partial charge in [-0.3, -0.25) is 0 Å². The molecule has 1 heterocycles. The third-order valence-corrected chi connectivity index (χ3v) is 9.14. The number of fused-ring (bicyclic) bond motifs is 6. The SMILES string of the molecule is c1ccc(-c2ccc(-c3cccc(-c4cc(-c5cccc6c5Cc5ccccc5-6)cc5c4oc4ccccc45)c3)cc2)cc1. The first kappa shape index (κ1) is 24.9.